The predicted octanol–water partition coefficient (Wildman–Crippen LogP) is 26.5. The molecule has 4 saturated heterocycles. The second kappa shape index (κ2) is 45.0. The van der Waals surface area contributed by atoms with Crippen LogP contribution in [0.25, 0.3) is 0 Å². The van der Waals surface area contributed by atoms with Gasteiger partial charge in [-0.15, -0.1) is 0 Å². The zero-order valence-electron chi connectivity index (χ0n) is 83.1. The molecule has 6 aliphatic rings. The van der Waals surface area contributed by atoms with Gasteiger partial charge in [0.05, 0.1) is 46.5 Å². The minimum Gasteiger partial charge on any atom is -0.335 e. The molecule has 0 spiro atoms. The second-order valence-corrected chi connectivity index (χ2v) is 42.3. The number of amides is 8. The number of carbonyl (C=O) groups excluding carboxylic acids is 8. The van der Waals surface area contributed by atoms with Gasteiger partial charge in [0.25, 0.3) is 23.6 Å². The summed E-state index contributed by atoms with van der Waals surface area (Å²) >= 11 is 6.35. The normalized spacial score (nSPS) is 19.8. The van der Waals surface area contributed by atoms with Crippen molar-refractivity contribution < 1.29 is 42.7 Å². The van der Waals surface area contributed by atoms with E-state index in [0.29, 0.717) is 71.7 Å². The molecular formula is C118H142ClFN8O8. The third-order valence-electron chi connectivity index (χ3n) is 29.0. The number of nitrogens with one attached hydrogen (secondary N) is 4. The minimum atomic E-state index is -0.697. The lowest BCUT2D eigenvalue weighted by Gasteiger charge is -2.44. The molecule has 0 radical (unpaired) electrons. The average Bonchev–Trinajstić information content (AvgIpc) is 1.04. The molecule has 16 nitrogen and oxygen atoms in total. The number of likely N-dealkylation sites (tertiary alicyclic amines) is 4. The minimum absolute atomic E-state index is 0.0204. The maximum atomic E-state index is 15.1. The fraction of sp³-hybridized carbons (Fsp3) is 0.424. The fourth-order valence-corrected chi connectivity index (χ4v) is 21.9. The van der Waals surface area contributed by atoms with Crippen molar-refractivity contribution in [2.24, 2.45) is 35.5 Å². The van der Waals surface area contributed by atoms with Gasteiger partial charge >= 0.3 is 0 Å². The first kappa shape index (κ1) is 102. The van der Waals surface area contributed by atoms with Gasteiger partial charge in [-0.3, -0.25) is 38.4 Å². The van der Waals surface area contributed by atoms with Gasteiger partial charge in [0.15, 0.2) is 0 Å². The lowest BCUT2D eigenvalue weighted by molar-refractivity contribution is -0.124. The monoisotopic (exact) mass is 1850 g/mol. The molecule has 10 aromatic carbocycles. The van der Waals surface area contributed by atoms with E-state index in [-0.39, 0.29) is 99.4 Å². The van der Waals surface area contributed by atoms with Crippen LogP contribution >= 0.6 is 11.6 Å². The maximum Gasteiger partial charge on any atom is 0.254 e. The molecule has 0 bridgehead atoms. The highest BCUT2D eigenvalue weighted by molar-refractivity contribution is 6.33. The molecule has 4 heterocycles. The van der Waals surface area contributed by atoms with Crippen LogP contribution in [0.4, 0.5) is 27.1 Å². The van der Waals surface area contributed by atoms with Crippen LogP contribution in [-0.2, 0) is 35.4 Å². The zero-order chi connectivity index (χ0) is 97.6. The molecule has 18 heteroatoms. The van der Waals surface area contributed by atoms with Gasteiger partial charge in [-0.1, -0.05) is 263 Å². The summed E-state index contributed by atoms with van der Waals surface area (Å²) in [7, 11) is 0. The van der Waals surface area contributed by atoms with Gasteiger partial charge in [-0.2, -0.15) is 0 Å². The number of piperidine rings is 4. The molecular weight excluding hydrogens is 1710 g/mol. The quantitative estimate of drug-likeness (QED) is 0.0733. The Labute approximate surface area is 812 Å². The van der Waals surface area contributed by atoms with Gasteiger partial charge in [0.1, 0.15) is 5.82 Å². The Morgan fingerprint density at radius 1 is 0.316 bits per heavy atom. The Bertz CT molecular complexity index is 5870. The van der Waals surface area contributed by atoms with E-state index in [1.807, 2.05) is 235 Å². The number of nitrogens with zero attached hydrogens (tertiary/aromatic N) is 4. The van der Waals surface area contributed by atoms with Crippen molar-refractivity contribution in [3.8, 4) is 0 Å². The van der Waals surface area contributed by atoms with Crippen molar-refractivity contribution in [2.45, 2.75) is 261 Å². The second-order valence-electron chi connectivity index (χ2n) is 41.9. The summed E-state index contributed by atoms with van der Waals surface area (Å²) in [5.74, 6) is -1.14. The average molecular weight is 1850 g/mol. The number of aryl methyl sites for hydroxylation is 8. The highest BCUT2D eigenvalue weighted by Crippen LogP contribution is 2.46. The van der Waals surface area contributed by atoms with E-state index in [4.69, 9.17) is 11.6 Å². The van der Waals surface area contributed by atoms with Crippen LogP contribution in [0, 0.1) is 96.7 Å². The Balaban J connectivity index is 0.000000153. The Kier molecular flexibility index (Phi) is 33.6. The Hall–Kier alpha value is -11.8. The van der Waals surface area contributed by atoms with Crippen LogP contribution in [0.1, 0.15) is 291 Å². The van der Waals surface area contributed by atoms with Gasteiger partial charge in [0.2, 0.25) is 23.6 Å². The van der Waals surface area contributed by atoms with E-state index < -0.39 is 17.8 Å². The summed E-state index contributed by atoms with van der Waals surface area (Å²) in [5, 5.41) is 13.0. The van der Waals surface area contributed by atoms with E-state index in [9.17, 15) is 38.4 Å². The van der Waals surface area contributed by atoms with Crippen LogP contribution in [-0.4, -0.2) is 105 Å². The van der Waals surface area contributed by atoms with Crippen LogP contribution < -0.4 is 21.3 Å². The van der Waals surface area contributed by atoms with Gasteiger partial charge in [-0.25, -0.2) is 4.39 Å². The van der Waals surface area contributed by atoms with Crippen molar-refractivity contribution in [1.29, 1.82) is 0 Å². The lowest BCUT2D eigenvalue weighted by atomic mass is 9.79. The van der Waals surface area contributed by atoms with Crippen LogP contribution in [0.2, 0.25) is 5.02 Å². The third kappa shape index (κ3) is 24.4. The summed E-state index contributed by atoms with van der Waals surface area (Å²) in [4.78, 5) is 117. The van der Waals surface area contributed by atoms with Crippen LogP contribution in [0.15, 0.2) is 224 Å². The molecule has 136 heavy (non-hydrogen) atoms. The Morgan fingerprint density at radius 2 is 0.647 bits per heavy atom. The van der Waals surface area contributed by atoms with Crippen LogP contribution in [0.5, 0.6) is 0 Å². The Morgan fingerprint density at radius 3 is 1.06 bits per heavy atom. The van der Waals surface area contributed by atoms with Crippen molar-refractivity contribution in [3.63, 3.8) is 0 Å². The van der Waals surface area contributed by atoms with Gasteiger partial charge in [0, 0.05) is 83.1 Å². The SMILES string of the molecule is Cc1ccc(Cl)c(NC(=O)[C@H]2CCCN(C(=O)c3c(C)cccc3C)[C@H]2c2ccccc2)c1.Cc1cccc(C)c1C(=O)N1CCC[C@H](C(=O)Nc2cccc(C(C)(C)C)c2)[C@@H]1C1CCCC1.Cc1cccc(C)c1C(=O)N1CCC[C@H](C(=O)Nc2cccc(C(C)(C)C)c2)[C@@H]1c1ccccc1F.Cc1ccccc1C(=O)N1CCC[C@H](C(=O)Nc2cccc(C(C)(C)C)c2)[C@@H]1C1CCCC1. The number of hydrogen-bond donors (Lipinski definition) is 4. The lowest BCUT2D eigenvalue weighted by Crippen LogP contribution is -2.55. The molecule has 0 aromatic heterocycles. The summed E-state index contributed by atoms with van der Waals surface area (Å²) in [6.07, 6.45) is 15.3. The van der Waals surface area contributed by atoms with Crippen molar-refractivity contribution in [3.05, 3.63) is 330 Å². The van der Waals surface area contributed by atoms with E-state index in [1.165, 1.54) is 42.9 Å². The largest absolute Gasteiger partial charge is 0.335 e. The fourth-order valence-electron chi connectivity index (χ4n) is 21.7. The molecule has 716 valence electrons. The van der Waals surface area contributed by atoms with Crippen molar-refractivity contribution in [2.75, 3.05) is 47.4 Å². The van der Waals surface area contributed by atoms with E-state index in [2.05, 4.69) is 113 Å². The predicted molar refractivity (Wildman–Crippen MR) is 550 cm³/mol. The summed E-state index contributed by atoms with van der Waals surface area (Å²) in [5.41, 5.74) is 18.5. The van der Waals surface area contributed by atoms with Gasteiger partial charge < -0.3 is 40.9 Å². The summed E-state index contributed by atoms with van der Waals surface area (Å²) in [6.45, 7) is 37.8. The topological polar surface area (TPSA) is 198 Å². The highest BCUT2D eigenvalue weighted by atomic mass is 35.5. The number of rotatable bonds is 16. The summed E-state index contributed by atoms with van der Waals surface area (Å²) in [6, 6.07) is 70.5. The molecule has 2 aliphatic carbocycles. The molecule has 10 aromatic rings. The first-order valence-electron chi connectivity index (χ1n) is 49.5. The first-order chi connectivity index (χ1) is 64.9. The molecule has 2 saturated carbocycles. The van der Waals surface area contributed by atoms with E-state index in [0.717, 1.165) is 155 Å². The van der Waals surface area contributed by atoms with Crippen molar-refractivity contribution in [1.82, 2.24) is 19.6 Å². The summed E-state index contributed by atoms with van der Waals surface area (Å²) < 4.78 is 15.1. The van der Waals surface area contributed by atoms with Crippen LogP contribution in [0.3, 0.4) is 0 Å². The molecule has 4 aliphatic heterocycles. The molecule has 0 unspecified atom stereocenters. The van der Waals surface area contributed by atoms with E-state index >= 15 is 4.39 Å². The number of anilines is 4. The first-order valence-corrected chi connectivity index (χ1v) is 49.8. The number of hydrogen-bond acceptors (Lipinski definition) is 8. The van der Waals surface area contributed by atoms with Gasteiger partial charge in [-0.05, 0) is 288 Å². The molecule has 4 N–H and O–H groups in total. The zero-order valence-corrected chi connectivity index (χ0v) is 83.8. The van der Waals surface area contributed by atoms with E-state index in [1.54, 1.807) is 29.2 Å². The smallest absolute Gasteiger partial charge is 0.254 e. The number of benzene rings is 10. The number of carbonyl (C=O) groups is 8. The highest BCUT2D eigenvalue weighted by Gasteiger charge is 2.48. The standard InChI is InChI=1S/C31H35FN2O2.C30H40N2O2.C29H38N2O2.C28H29ClN2O2/c1-20-11-8-12-21(2)27(20)30(36)34-18-10-16-25(28(34)24-15-6-7-17-26(24)32)29(35)33-23-14-9-13-22(19-23)31(3,4)5;1-20-11-8-12-21(2)26(20)29(34)32-18-10-17-25(27(32)22-13-6-7-14-22)28(33)31-24-16-9-15-23(19-24)30(3,4)5;1-20-11-5-8-16-24(20)28(33)31-18-10-17-25(26(31)21-12-6-7-13-21)27(32)30-23-15-9-14-22(19-23)29(2,3)4;1-18-14-15-23(29)24(17-18)30-27(32)22-13-8-16-31(26(22)21-11-5-4-6-12-21)28(33)25-19(2)9-7-10-20(25)3/h6-9,11-15,17,19,25,28H,10,16,18H2,1-5H3,(H,33,35);8-9,11-12,15-16,19,22,25,27H,6-7,10,13-14,17-18H2,1-5H3,(H,31,33);5,8-9,11,14-16,19,21,25-26H,6-7,10,12-13,17-18H2,1-4H3,(H,30,32);4-7,9-12,14-15,17,22,26H,8,13,16H2,1-3H3,(H,30,32)/t25-,28-;25-,27-;25-,26-;22-,26-/m0000/s1. The molecule has 16 rings (SSSR count). The number of halogens is 2. The molecule has 8 amide bonds. The maximum absolute atomic E-state index is 15.1. The molecule has 6 fully saturated rings. The molecule has 8 atom stereocenters. The third-order valence-corrected chi connectivity index (χ3v) is 29.3. The van der Waals surface area contributed by atoms with Crippen molar-refractivity contribution >= 4 is 81.6 Å².